The van der Waals surface area contributed by atoms with Crippen molar-refractivity contribution >= 4 is 12.0 Å². The number of hydrogen-bond acceptors (Lipinski definition) is 3. The van der Waals surface area contributed by atoms with Crippen LogP contribution in [0.15, 0.2) is 0 Å². The van der Waals surface area contributed by atoms with Crippen LogP contribution in [0.1, 0.15) is 26.7 Å². The van der Waals surface area contributed by atoms with Crippen LogP contribution in [0.5, 0.6) is 0 Å². The standard InChI is InChI=1S/C13H24N2O4/c1-9-4-10(2)8-15(7-9)13(18)14-6-11(19-3)5-12(16)17/h9-11H,4-8H2,1-3H3,(H,14,18)(H,16,17). The maximum atomic E-state index is 12.0. The summed E-state index contributed by atoms with van der Waals surface area (Å²) in [6, 6.07) is -0.133. The van der Waals surface area contributed by atoms with Crippen LogP contribution >= 0.6 is 0 Å². The molecule has 1 aliphatic heterocycles. The van der Waals surface area contributed by atoms with Crippen molar-refractivity contribution in [2.45, 2.75) is 32.8 Å². The zero-order valence-corrected chi connectivity index (χ0v) is 11.9. The summed E-state index contributed by atoms with van der Waals surface area (Å²) in [4.78, 5) is 24.4. The SMILES string of the molecule is COC(CNC(=O)N1CC(C)CC(C)C1)CC(=O)O. The third-order valence-electron chi connectivity index (χ3n) is 3.37. The van der Waals surface area contributed by atoms with E-state index in [1.807, 2.05) is 0 Å². The second kappa shape index (κ2) is 7.33. The molecule has 0 aliphatic carbocycles. The summed E-state index contributed by atoms with van der Waals surface area (Å²) in [6.07, 6.45) is 0.550. The van der Waals surface area contributed by atoms with Crippen LogP contribution in [0.25, 0.3) is 0 Å². The number of ether oxygens (including phenoxy) is 1. The molecule has 0 aromatic heterocycles. The molecule has 110 valence electrons. The average molecular weight is 272 g/mol. The third-order valence-corrected chi connectivity index (χ3v) is 3.37. The second-order valence-corrected chi connectivity index (χ2v) is 5.49. The fourth-order valence-electron chi connectivity index (χ4n) is 2.58. The molecule has 0 saturated carbocycles. The van der Waals surface area contributed by atoms with E-state index in [9.17, 15) is 9.59 Å². The van der Waals surface area contributed by atoms with Gasteiger partial charge >= 0.3 is 12.0 Å². The van der Waals surface area contributed by atoms with Crippen LogP contribution in [0.4, 0.5) is 4.79 Å². The highest BCUT2D eigenvalue weighted by atomic mass is 16.5. The minimum Gasteiger partial charge on any atom is -0.481 e. The number of aliphatic carboxylic acids is 1. The molecule has 0 radical (unpaired) electrons. The van der Waals surface area contributed by atoms with Crippen molar-refractivity contribution in [3.8, 4) is 0 Å². The molecule has 3 unspecified atom stereocenters. The first-order valence-electron chi connectivity index (χ1n) is 6.69. The molecule has 1 aliphatic rings. The largest absolute Gasteiger partial charge is 0.481 e. The number of nitrogens with one attached hydrogen (secondary N) is 1. The minimum absolute atomic E-state index is 0.108. The Morgan fingerprint density at radius 2 is 1.95 bits per heavy atom. The Labute approximate surface area is 114 Å². The molecule has 1 heterocycles. The molecule has 0 bridgehead atoms. The lowest BCUT2D eigenvalue weighted by Crippen LogP contribution is -2.49. The van der Waals surface area contributed by atoms with E-state index in [2.05, 4.69) is 19.2 Å². The molecule has 2 N–H and O–H groups in total. The van der Waals surface area contributed by atoms with E-state index in [1.54, 1.807) is 4.90 Å². The molecule has 6 nitrogen and oxygen atoms in total. The van der Waals surface area contributed by atoms with Gasteiger partial charge in [-0.3, -0.25) is 4.79 Å². The van der Waals surface area contributed by atoms with Crippen molar-refractivity contribution in [1.82, 2.24) is 10.2 Å². The van der Waals surface area contributed by atoms with Crippen LogP contribution in [-0.4, -0.2) is 54.9 Å². The van der Waals surface area contributed by atoms with Gasteiger partial charge in [-0.05, 0) is 18.3 Å². The van der Waals surface area contributed by atoms with E-state index < -0.39 is 12.1 Å². The highest BCUT2D eigenvalue weighted by Crippen LogP contribution is 2.20. The topological polar surface area (TPSA) is 78.9 Å². The summed E-state index contributed by atoms with van der Waals surface area (Å²) in [5.74, 6) is 0.0831. The van der Waals surface area contributed by atoms with E-state index in [0.29, 0.717) is 11.8 Å². The van der Waals surface area contributed by atoms with Crippen LogP contribution in [0.2, 0.25) is 0 Å². The van der Waals surface area contributed by atoms with Gasteiger partial charge in [0.25, 0.3) is 0 Å². The number of hydrogen-bond donors (Lipinski definition) is 2. The number of rotatable bonds is 5. The molecule has 1 fully saturated rings. The zero-order valence-electron chi connectivity index (χ0n) is 11.9. The van der Waals surface area contributed by atoms with Crippen molar-refractivity contribution in [3.63, 3.8) is 0 Å². The van der Waals surface area contributed by atoms with Gasteiger partial charge in [-0.15, -0.1) is 0 Å². The summed E-state index contributed by atoms with van der Waals surface area (Å²) in [5, 5.41) is 11.4. The van der Waals surface area contributed by atoms with Crippen LogP contribution in [-0.2, 0) is 9.53 Å². The fourth-order valence-corrected chi connectivity index (χ4v) is 2.58. The summed E-state index contributed by atoms with van der Waals surface area (Å²) < 4.78 is 5.03. The van der Waals surface area contributed by atoms with E-state index in [-0.39, 0.29) is 19.0 Å². The number of carboxylic acids is 1. The Hall–Kier alpha value is -1.30. The lowest BCUT2D eigenvalue weighted by molar-refractivity contribution is -0.139. The van der Waals surface area contributed by atoms with Crippen molar-refractivity contribution in [3.05, 3.63) is 0 Å². The lowest BCUT2D eigenvalue weighted by Gasteiger charge is -2.35. The molecule has 3 atom stereocenters. The van der Waals surface area contributed by atoms with Crippen LogP contribution < -0.4 is 5.32 Å². The third kappa shape index (κ3) is 5.46. The Morgan fingerprint density at radius 3 is 2.42 bits per heavy atom. The Bertz CT molecular complexity index is 312. The predicted molar refractivity (Wildman–Crippen MR) is 71.0 cm³/mol. The predicted octanol–water partition coefficient (Wildman–Crippen LogP) is 1.16. The van der Waals surface area contributed by atoms with Crippen molar-refractivity contribution in [1.29, 1.82) is 0 Å². The normalized spacial score (nSPS) is 24.9. The summed E-state index contributed by atoms with van der Waals surface area (Å²) in [5.41, 5.74) is 0. The monoisotopic (exact) mass is 272 g/mol. The number of likely N-dealkylation sites (tertiary alicyclic amines) is 1. The quantitative estimate of drug-likeness (QED) is 0.787. The number of piperidine rings is 1. The van der Waals surface area contributed by atoms with Crippen molar-refractivity contribution in [2.24, 2.45) is 11.8 Å². The van der Waals surface area contributed by atoms with Crippen molar-refractivity contribution in [2.75, 3.05) is 26.7 Å². The number of methoxy groups -OCH3 is 1. The number of urea groups is 1. The highest BCUT2D eigenvalue weighted by Gasteiger charge is 2.25. The number of carboxylic acid groups (broad SMARTS) is 1. The second-order valence-electron chi connectivity index (χ2n) is 5.49. The number of carbonyl (C=O) groups is 2. The Kier molecular flexibility index (Phi) is 6.08. The van der Waals surface area contributed by atoms with E-state index in [0.717, 1.165) is 19.5 Å². The molecule has 0 aromatic carbocycles. The number of amides is 2. The molecule has 0 spiro atoms. The highest BCUT2D eigenvalue weighted by molar-refractivity contribution is 5.74. The van der Waals surface area contributed by atoms with Crippen LogP contribution in [0.3, 0.4) is 0 Å². The summed E-state index contributed by atoms with van der Waals surface area (Å²) >= 11 is 0. The molecular formula is C13H24N2O4. The van der Waals surface area contributed by atoms with Gasteiger partial charge in [-0.1, -0.05) is 13.8 Å². The molecular weight excluding hydrogens is 248 g/mol. The fraction of sp³-hybridized carbons (Fsp3) is 0.846. The maximum Gasteiger partial charge on any atom is 0.317 e. The van der Waals surface area contributed by atoms with E-state index in [1.165, 1.54) is 7.11 Å². The van der Waals surface area contributed by atoms with Gasteiger partial charge < -0.3 is 20.1 Å². The van der Waals surface area contributed by atoms with Gasteiger partial charge in [0.05, 0.1) is 12.5 Å². The van der Waals surface area contributed by atoms with Gasteiger partial charge in [0.1, 0.15) is 0 Å². The molecule has 6 heteroatoms. The molecule has 2 amide bonds. The lowest BCUT2D eigenvalue weighted by atomic mass is 9.92. The summed E-state index contributed by atoms with van der Waals surface area (Å²) in [7, 11) is 1.45. The number of nitrogens with zero attached hydrogens (tertiary/aromatic N) is 1. The zero-order chi connectivity index (χ0) is 14.4. The smallest absolute Gasteiger partial charge is 0.317 e. The van der Waals surface area contributed by atoms with E-state index >= 15 is 0 Å². The summed E-state index contributed by atoms with van der Waals surface area (Å²) in [6.45, 7) is 6.01. The van der Waals surface area contributed by atoms with Crippen LogP contribution in [0, 0.1) is 11.8 Å². The minimum atomic E-state index is -0.929. The van der Waals surface area contributed by atoms with Gasteiger partial charge in [-0.25, -0.2) is 4.79 Å². The first-order chi connectivity index (χ1) is 8.92. The maximum absolute atomic E-state index is 12.0. The van der Waals surface area contributed by atoms with E-state index in [4.69, 9.17) is 9.84 Å². The van der Waals surface area contributed by atoms with Gasteiger partial charge in [0, 0.05) is 26.7 Å². The Balaban J connectivity index is 2.39. The number of carbonyl (C=O) groups excluding carboxylic acids is 1. The first-order valence-corrected chi connectivity index (χ1v) is 6.69. The first kappa shape index (κ1) is 15.8. The van der Waals surface area contributed by atoms with Gasteiger partial charge in [-0.2, -0.15) is 0 Å². The van der Waals surface area contributed by atoms with Gasteiger partial charge in [0.15, 0.2) is 0 Å². The average Bonchev–Trinajstić information content (AvgIpc) is 2.32. The van der Waals surface area contributed by atoms with Crippen molar-refractivity contribution < 1.29 is 19.4 Å². The Morgan fingerprint density at radius 1 is 1.37 bits per heavy atom. The van der Waals surface area contributed by atoms with Gasteiger partial charge in [0.2, 0.25) is 0 Å². The molecule has 1 saturated heterocycles. The molecule has 19 heavy (non-hydrogen) atoms. The molecule has 0 aromatic rings. The molecule has 1 rings (SSSR count).